The van der Waals surface area contributed by atoms with Crippen molar-refractivity contribution >= 4 is 40.1 Å². The molecular formula is C44H31F12IrN8O2-5. The molecule has 5 heterocycles. The second kappa shape index (κ2) is 18.7. The average molecular weight is 1120 g/mol. The van der Waals surface area contributed by atoms with Crippen LogP contribution >= 0.6 is 0 Å². The maximum Gasteiger partial charge on any atom is 0.433 e. The van der Waals surface area contributed by atoms with Crippen LogP contribution in [0.1, 0.15) is 33.6 Å². The molecule has 0 unspecified atom stereocenters. The summed E-state index contributed by atoms with van der Waals surface area (Å²) in [6, 6.07) is 22.5. The van der Waals surface area contributed by atoms with Gasteiger partial charge in [0.05, 0.1) is 0 Å². The Bertz CT molecular complexity index is 2650. The topological polar surface area (TPSA) is 82.1 Å². The van der Waals surface area contributed by atoms with Crippen LogP contribution in [0.3, 0.4) is 0 Å². The summed E-state index contributed by atoms with van der Waals surface area (Å²) >= 11 is 0. The van der Waals surface area contributed by atoms with Crippen molar-refractivity contribution in [3.8, 4) is 23.3 Å². The molecule has 0 saturated heterocycles. The quantitative estimate of drug-likeness (QED) is 0.123. The molecule has 0 atom stereocenters. The number of alkyl halides is 12. The van der Waals surface area contributed by atoms with Gasteiger partial charge >= 0.3 is 24.7 Å². The number of nitrogens with one attached hydrogen (secondary N) is 1. The van der Waals surface area contributed by atoms with Crippen molar-refractivity contribution in [3.05, 3.63) is 144 Å². The first-order chi connectivity index (χ1) is 30.8. The van der Waals surface area contributed by atoms with Crippen LogP contribution in [-0.2, 0) is 44.8 Å². The Kier molecular flexibility index (Phi) is 13.9. The molecule has 1 radical (unpaired) electrons. The molecule has 1 N–H and O–H groups in total. The van der Waals surface area contributed by atoms with Gasteiger partial charge in [-0.3, -0.25) is 0 Å². The fourth-order valence-electron chi connectivity index (χ4n) is 6.40. The number of rotatable bonds is 7. The summed E-state index contributed by atoms with van der Waals surface area (Å²) in [5.41, 5.74) is -0.274. The molecule has 0 spiro atoms. The summed E-state index contributed by atoms with van der Waals surface area (Å²) < 4.78 is 167. The van der Waals surface area contributed by atoms with Crippen molar-refractivity contribution in [3.63, 3.8) is 0 Å². The molecule has 0 aliphatic carbocycles. The van der Waals surface area contributed by atoms with E-state index in [1.54, 1.807) is 57.5 Å². The van der Waals surface area contributed by atoms with Crippen molar-refractivity contribution in [1.82, 2.24) is 15.0 Å². The normalized spacial score (nSPS) is 13.5. The van der Waals surface area contributed by atoms with Crippen molar-refractivity contribution in [2.75, 3.05) is 46.1 Å². The summed E-state index contributed by atoms with van der Waals surface area (Å²) in [6.07, 6.45) is -18.3. The second-order valence-electron chi connectivity index (χ2n) is 14.7. The van der Waals surface area contributed by atoms with Crippen LogP contribution in [0.25, 0.3) is 0 Å². The van der Waals surface area contributed by atoms with Crippen molar-refractivity contribution in [2.24, 2.45) is 0 Å². The van der Waals surface area contributed by atoms with Crippen LogP contribution in [0.4, 0.5) is 92.8 Å². The summed E-state index contributed by atoms with van der Waals surface area (Å²) in [4.78, 5) is 17.9. The molecule has 3 aromatic carbocycles. The molecular weight excluding hydrogens is 1090 g/mol. The van der Waals surface area contributed by atoms with Crippen molar-refractivity contribution < 1.29 is 82.3 Å². The predicted octanol–water partition coefficient (Wildman–Crippen LogP) is 12.7. The number of halogens is 12. The largest absolute Gasteiger partial charge is 0.513 e. The monoisotopic (exact) mass is 1120 g/mol. The van der Waals surface area contributed by atoms with Crippen LogP contribution in [0.5, 0.6) is 23.3 Å². The van der Waals surface area contributed by atoms with Crippen LogP contribution < -0.4 is 34.4 Å². The van der Waals surface area contributed by atoms with Gasteiger partial charge in [0.1, 0.15) is 23.0 Å². The van der Waals surface area contributed by atoms with E-state index < -0.39 is 47.2 Å². The Morgan fingerprint density at radius 3 is 1.57 bits per heavy atom. The molecule has 6 aromatic rings. The number of pyridine rings is 3. The third-order valence-corrected chi connectivity index (χ3v) is 9.61. The second-order valence-corrected chi connectivity index (χ2v) is 14.7. The number of hydrogen-bond acceptors (Lipinski definition) is 10. The molecule has 3 aromatic heterocycles. The van der Waals surface area contributed by atoms with E-state index >= 15 is 0 Å². The number of anilines is 7. The molecule has 0 bridgehead atoms. The van der Waals surface area contributed by atoms with Gasteiger partial charge in [0.25, 0.3) is 0 Å². The molecule has 23 heteroatoms. The van der Waals surface area contributed by atoms with E-state index in [2.05, 4.69) is 38.5 Å². The number of ether oxygens (including phenoxy) is 2. The average Bonchev–Trinajstić information content (AvgIpc) is 3.80. The van der Waals surface area contributed by atoms with E-state index in [1.807, 2.05) is 0 Å². The Morgan fingerprint density at radius 1 is 0.612 bits per heavy atom. The Hall–Kier alpha value is -6.48. The predicted molar refractivity (Wildman–Crippen MR) is 217 cm³/mol. The molecule has 10 nitrogen and oxygen atoms in total. The zero-order valence-corrected chi connectivity index (χ0v) is 37.4. The number of nitrogens with zero attached hydrogens (tertiary/aromatic N) is 7. The summed E-state index contributed by atoms with van der Waals surface area (Å²) in [5, 5.41) is 2.89. The van der Waals surface area contributed by atoms with Gasteiger partial charge in [-0.1, -0.05) is 36.3 Å². The number of fused-ring (bicyclic) bond motifs is 2. The Balaban J connectivity index is 0.000000220. The van der Waals surface area contributed by atoms with Crippen LogP contribution in [0, 0.1) is 45.4 Å². The fraction of sp³-hybridized carbons (Fsp3) is 0.205. The van der Waals surface area contributed by atoms with E-state index in [1.165, 1.54) is 40.7 Å². The molecule has 0 fully saturated rings. The standard InChI is InChI=1S/C23H17F6N6.C21H14F6N2O2.Ir/c1-12-8-13(2)17(35-11-33(3)15-5-7-19(23(27,28)29)32-21(15)35)9-16(12)34-10-30-14-4-6-18(22(24,25)26)31-20(14)34;1-29(2)15-11-18(30-16-7-3-13(4-8-16)20(22,23)24)28-19(12-15)31-17-9-5-14(6-10-17)21(25,26)27;/h4-8,10-11,30H,1-3H3;3-7,9,11-12H,1-2H3;/q-3;-2;. The zero-order valence-electron chi connectivity index (χ0n) is 35.0. The third-order valence-electron chi connectivity index (χ3n) is 9.61. The van der Waals surface area contributed by atoms with Crippen LogP contribution in [-0.4, -0.2) is 36.1 Å². The van der Waals surface area contributed by atoms with E-state index in [-0.39, 0.29) is 55.0 Å². The number of benzene rings is 3. The SMILES string of the molecule is CN(C)c1cc(Oc2[c-]cc(C(F)(F)F)cc2)nc(Oc2[c-]cc(C(F)(F)F)cc2)c1.Cc1cc(C)c(N2[CH-]N(C)c3ccc(C(F)(F)F)nc32)[c-]c1N1[CH-]Nc2ccc(C(F)(F)F)nc21.[Ir]. The van der Waals surface area contributed by atoms with Gasteiger partial charge in [-0.25, -0.2) is 9.97 Å². The molecule has 357 valence electrons. The minimum atomic E-state index is -4.62. The van der Waals surface area contributed by atoms with Gasteiger partial charge in [0.2, 0.25) is 11.8 Å². The first kappa shape index (κ1) is 49.9. The summed E-state index contributed by atoms with van der Waals surface area (Å²) in [5.74, 6) is 0.0624. The number of aryl methyl sites for hydroxylation is 2. The summed E-state index contributed by atoms with van der Waals surface area (Å²) in [6.45, 7) is 6.57. The first-order valence-corrected chi connectivity index (χ1v) is 19.0. The Labute approximate surface area is 388 Å². The molecule has 2 aliphatic rings. The van der Waals surface area contributed by atoms with Gasteiger partial charge in [0, 0.05) is 74.9 Å². The van der Waals surface area contributed by atoms with Gasteiger partial charge < -0.3 is 34.4 Å². The van der Waals surface area contributed by atoms with Crippen LogP contribution in [0.2, 0.25) is 0 Å². The summed E-state index contributed by atoms with van der Waals surface area (Å²) in [7, 11) is 5.12. The smallest absolute Gasteiger partial charge is 0.433 e. The van der Waals surface area contributed by atoms with Crippen LogP contribution in [0.15, 0.2) is 78.9 Å². The molecule has 8 rings (SSSR count). The number of hydrogen-bond donors (Lipinski definition) is 1. The Morgan fingerprint density at radius 2 is 1.10 bits per heavy atom. The van der Waals surface area contributed by atoms with E-state index in [4.69, 9.17) is 9.47 Å². The van der Waals surface area contributed by atoms with E-state index in [0.29, 0.717) is 39.6 Å². The molecule has 2 aliphatic heterocycles. The third kappa shape index (κ3) is 11.2. The van der Waals surface area contributed by atoms with Gasteiger partial charge in [0.15, 0.2) is 0 Å². The molecule has 67 heavy (non-hydrogen) atoms. The molecule has 0 amide bonds. The maximum atomic E-state index is 13.3. The zero-order chi connectivity index (χ0) is 48.1. The molecule has 0 saturated carbocycles. The van der Waals surface area contributed by atoms with E-state index in [9.17, 15) is 52.7 Å². The number of aromatic nitrogens is 3. The van der Waals surface area contributed by atoms with E-state index in [0.717, 1.165) is 48.5 Å². The van der Waals surface area contributed by atoms with Gasteiger partial charge in [-0.15, -0.1) is 41.5 Å². The maximum absolute atomic E-state index is 13.3. The minimum Gasteiger partial charge on any atom is -0.513 e. The first-order valence-electron chi connectivity index (χ1n) is 19.0. The van der Waals surface area contributed by atoms with Gasteiger partial charge in [-0.05, 0) is 31.3 Å². The van der Waals surface area contributed by atoms with Crippen molar-refractivity contribution in [1.29, 1.82) is 0 Å². The van der Waals surface area contributed by atoms with Gasteiger partial charge in [-0.2, -0.15) is 101 Å². The minimum absolute atomic E-state index is 0. The fourth-order valence-corrected chi connectivity index (χ4v) is 6.40. The van der Waals surface area contributed by atoms with Crippen molar-refractivity contribution in [2.45, 2.75) is 38.6 Å².